The van der Waals surface area contributed by atoms with Gasteiger partial charge in [-0.2, -0.15) is 5.10 Å². The van der Waals surface area contributed by atoms with Crippen molar-refractivity contribution < 1.29 is 4.74 Å². The van der Waals surface area contributed by atoms with Crippen molar-refractivity contribution in [2.45, 2.75) is 32.9 Å². The summed E-state index contributed by atoms with van der Waals surface area (Å²) in [7, 11) is 0. The number of ether oxygens (including phenoxy) is 1. The van der Waals surface area contributed by atoms with Gasteiger partial charge in [-0.05, 0) is 25.8 Å². The van der Waals surface area contributed by atoms with Gasteiger partial charge in [0.1, 0.15) is 0 Å². The lowest BCUT2D eigenvalue weighted by atomic mass is 10.1. The van der Waals surface area contributed by atoms with Crippen molar-refractivity contribution >= 4 is 0 Å². The van der Waals surface area contributed by atoms with Crippen LogP contribution in [-0.4, -0.2) is 40.9 Å². The molecule has 1 atom stereocenters. The zero-order valence-electron chi connectivity index (χ0n) is 12.8. The molecule has 2 heterocycles. The maximum Gasteiger partial charge on any atom is 0.0743 e. The number of aromatic amines is 1. The Labute approximate surface area is 126 Å². The highest BCUT2D eigenvalue weighted by Crippen LogP contribution is 2.17. The fraction of sp³-hybridized carbons (Fsp3) is 0.471. The van der Waals surface area contributed by atoms with Crippen molar-refractivity contribution in [1.82, 2.24) is 15.1 Å². The summed E-state index contributed by atoms with van der Waals surface area (Å²) in [5.74, 6) is 0. The van der Waals surface area contributed by atoms with E-state index in [-0.39, 0.29) is 6.10 Å². The second kappa shape index (κ2) is 6.41. The van der Waals surface area contributed by atoms with E-state index < -0.39 is 0 Å². The molecule has 0 spiro atoms. The molecule has 1 aromatic heterocycles. The quantitative estimate of drug-likeness (QED) is 0.938. The topological polar surface area (TPSA) is 41.2 Å². The summed E-state index contributed by atoms with van der Waals surface area (Å²) >= 11 is 0. The number of H-pyrrole nitrogens is 1. The Morgan fingerprint density at radius 3 is 2.81 bits per heavy atom. The molecule has 1 aromatic carbocycles. The highest BCUT2D eigenvalue weighted by atomic mass is 16.5. The first kappa shape index (κ1) is 14.3. The van der Waals surface area contributed by atoms with Gasteiger partial charge in [-0.1, -0.05) is 30.3 Å². The Balaban J connectivity index is 1.61. The van der Waals surface area contributed by atoms with E-state index in [4.69, 9.17) is 4.74 Å². The van der Waals surface area contributed by atoms with Crippen LogP contribution >= 0.6 is 0 Å². The molecule has 1 aliphatic rings. The van der Waals surface area contributed by atoms with Crippen molar-refractivity contribution in [3.8, 4) is 0 Å². The van der Waals surface area contributed by atoms with E-state index in [9.17, 15) is 0 Å². The van der Waals surface area contributed by atoms with Gasteiger partial charge >= 0.3 is 0 Å². The van der Waals surface area contributed by atoms with Crippen LogP contribution in [0.15, 0.2) is 30.3 Å². The van der Waals surface area contributed by atoms with Crippen LogP contribution in [0.2, 0.25) is 0 Å². The van der Waals surface area contributed by atoms with Crippen molar-refractivity contribution in [2.75, 3.05) is 19.7 Å². The van der Waals surface area contributed by atoms with E-state index >= 15 is 0 Å². The largest absolute Gasteiger partial charge is 0.375 e. The minimum atomic E-state index is 0.286. The molecule has 0 aliphatic carbocycles. The van der Waals surface area contributed by atoms with Gasteiger partial charge in [0.15, 0.2) is 0 Å². The predicted octanol–water partition coefficient (Wildman–Crippen LogP) is 2.47. The Kier molecular flexibility index (Phi) is 4.36. The van der Waals surface area contributed by atoms with Gasteiger partial charge in [0.25, 0.3) is 0 Å². The number of aromatic nitrogens is 2. The fourth-order valence-electron chi connectivity index (χ4n) is 2.96. The van der Waals surface area contributed by atoms with Crippen molar-refractivity contribution in [1.29, 1.82) is 0 Å². The molecular weight excluding hydrogens is 262 g/mol. The Bertz CT molecular complexity index is 559. The summed E-state index contributed by atoms with van der Waals surface area (Å²) in [4.78, 5) is 2.47. The van der Waals surface area contributed by atoms with Gasteiger partial charge in [0.05, 0.1) is 18.4 Å². The monoisotopic (exact) mass is 285 g/mol. The average Bonchev–Trinajstić information content (AvgIpc) is 2.81. The highest BCUT2D eigenvalue weighted by Gasteiger charge is 2.22. The molecule has 112 valence electrons. The number of nitrogens with zero attached hydrogens (tertiary/aromatic N) is 2. The fourth-order valence-corrected chi connectivity index (χ4v) is 2.96. The molecule has 1 saturated heterocycles. The molecule has 4 heteroatoms. The van der Waals surface area contributed by atoms with E-state index in [0.717, 1.165) is 38.4 Å². The number of morpholine rings is 1. The summed E-state index contributed by atoms with van der Waals surface area (Å²) in [5, 5.41) is 7.36. The van der Waals surface area contributed by atoms with Crippen LogP contribution in [0, 0.1) is 13.8 Å². The summed E-state index contributed by atoms with van der Waals surface area (Å²) in [6.07, 6.45) is 1.27. The van der Waals surface area contributed by atoms with Crippen molar-refractivity contribution in [3.05, 3.63) is 52.8 Å². The first-order chi connectivity index (χ1) is 10.2. The lowest BCUT2D eigenvalue weighted by Gasteiger charge is -2.33. The number of hydrogen-bond donors (Lipinski definition) is 1. The predicted molar refractivity (Wildman–Crippen MR) is 83.2 cm³/mol. The second-order valence-electron chi connectivity index (χ2n) is 5.83. The Hall–Kier alpha value is -1.65. The third-order valence-corrected chi connectivity index (χ3v) is 4.19. The molecule has 0 bridgehead atoms. The number of aryl methyl sites for hydroxylation is 2. The van der Waals surface area contributed by atoms with E-state index in [2.05, 4.69) is 59.3 Å². The number of nitrogens with one attached hydrogen (secondary N) is 1. The average molecular weight is 285 g/mol. The van der Waals surface area contributed by atoms with Crippen LogP contribution in [0.4, 0.5) is 0 Å². The van der Waals surface area contributed by atoms with Gasteiger partial charge in [-0.3, -0.25) is 10.00 Å². The van der Waals surface area contributed by atoms with Crippen LogP contribution in [0.3, 0.4) is 0 Å². The molecule has 1 fully saturated rings. The summed E-state index contributed by atoms with van der Waals surface area (Å²) in [6, 6.07) is 10.6. The normalized spacial score (nSPS) is 19.8. The lowest BCUT2D eigenvalue weighted by Crippen LogP contribution is -2.43. The molecular formula is C17H23N3O. The van der Waals surface area contributed by atoms with Gasteiger partial charge in [0.2, 0.25) is 0 Å². The van der Waals surface area contributed by atoms with Crippen molar-refractivity contribution in [3.63, 3.8) is 0 Å². The molecule has 21 heavy (non-hydrogen) atoms. The summed E-state index contributed by atoms with van der Waals surface area (Å²) in [6.45, 7) is 7.92. The van der Waals surface area contributed by atoms with E-state index in [1.807, 2.05) is 0 Å². The molecule has 1 N–H and O–H groups in total. The maximum atomic E-state index is 5.93. The molecule has 0 saturated carbocycles. The second-order valence-corrected chi connectivity index (χ2v) is 5.83. The van der Waals surface area contributed by atoms with E-state index in [1.165, 1.54) is 16.8 Å². The maximum absolute atomic E-state index is 5.93. The van der Waals surface area contributed by atoms with Crippen LogP contribution in [0.5, 0.6) is 0 Å². The number of benzene rings is 1. The zero-order chi connectivity index (χ0) is 14.7. The standard InChI is InChI=1S/C17H23N3O/c1-13-17(14(2)19-18-13)12-20-8-9-21-16(11-20)10-15-6-4-3-5-7-15/h3-7,16H,8-12H2,1-2H3,(H,18,19). The smallest absolute Gasteiger partial charge is 0.0743 e. The molecule has 4 nitrogen and oxygen atoms in total. The van der Waals surface area contributed by atoms with Crippen LogP contribution < -0.4 is 0 Å². The van der Waals surface area contributed by atoms with Crippen LogP contribution in [0.25, 0.3) is 0 Å². The van der Waals surface area contributed by atoms with Gasteiger partial charge in [-0.25, -0.2) is 0 Å². The van der Waals surface area contributed by atoms with E-state index in [0.29, 0.717) is 0 Å². The van der Waals surface area contributed by atoms with E-state index in [1.54, 1.807) is 0 Å². The van der Waals surface area contributed by atoms with Gasteiger partial charge < -0.3 is 4.74 Å². The minimum absolute atomic E-state index is 0.286. The number of rotatable bonds is 4. The Morgan fingerprint density at radius 1 is 1.29 bits per heavy atom. The van der Waals surface area contributed by atoms with Crippen LogP contribution in [0.1, 0.15) is 22.5 Å². The lowest BCUT2D eigenvalue weighted by molar-refractivity contribution is -0.0306. The zero-order valence-corrected chi connectivity index (χ0v) is 12.8. The molecule has 1 aliphatic heterocycles. The molecule has 0 radical (unpaired) electrons. The molecule has 3 rings (SSSR count). The number of hydrogen-bond acceptors (Lipinski definition) is 3. The molecule has 1 unspecified atom stereocenters. The Morgan fingerprint density at radius 2 is 2.10 bits per heavy atom. The van der Waals surface area contributed by atoms with Crippen molar-refractivity contribution in [2.24, 2.45) is 0 Å². The molecule has 2 aromatic rings. The van der Waals surface area contributed by atoms with Gasteiger partial charge in [-0.15, -0.1) is 0 Å². The summed E-state index contributed by atoms with van der Waals surface area (Å²) in [5.41, 5.74) is 4.97. The third kappa shape index (κ3) is 3.52. The summed E-state index contributed by atoms with van der Waals surface area (Å²) < 4.78 is 5.93. The van der Waals surface area contributed by atoms with Gasteiger partial charge in [0, 0.05) is 30.9 Å². The molecule has 0 amide bonds. The third-order valence-electron chi connectivity index (χ3n) is 4.19. The first-order valence-electron chi connectivity index (χ1n) is 7.60. The minimum Gasteiger partial charge on any atom is -0.375 e. The highest BCUT2D eigenvalue weighted by molar-refractivity contribution is 5.23. The first-order valence-corrected chi connectivity index (χ1v) is 7.60. The SMILES string of the molecule is Cc1n[nH]c(C)c1CN1CCOC(Cc2ccccc2)C1. The van der Waals surface area contributed by atoms with Crippen LogP contribution in [-0.2, 0) is 17.7 Å².